The second-order valence-corrected chi connectivity index (χ2v) is 6.08. The van der Waals surface area contributed by atoms with E-state index < -0.39 is 22.2 Å². The monoisotopic (exact) mass is 349 g/mol. The quantitative estimate of drug-likeness (QED) is 0.195. The lowest BCUT2D eigenvalue weighted by molar-refractivity contribution is 0.195. The number of hydrogen-bond acceptors (Lipinski definition) is 7. The summed E-state index contributed by atoms with van der Waals surface area (Å²) in [6.07, 6.45) is 0.106. The maximum Gasteiger partial charge on any atom is 0.261 e. The van der Waals surface area contributed by atoms with Gasteiger partial charge in [0.05, 0.1) is 12.4 Å². The van der Waals surface area contributed by atoms with Crippen LogP contribution in [0.5, 0.6) is 5.75 Å². The van der Waals surface area contributed by atoms with Crippen LogP contribution in [0.25, 0.3) is 0 Å². The molecule has 1 atom stereocenters. The molecule has 1 aromatic carbocycles. The molecule has 8 N–H and O–H groups in total. The predicted molar refractivity (Wildman–Crippen MR) is 83.9 cm³/mol. The lowest BCUT2D eigenvalue weighted by Gasteiger charge is -2.11. The van der Waals surface area contributed by atoms with E-state index >= 15 is 0 Å². The van der Waals surface area contributed by atoms with Crippen molar-refractivity contribution >= 4 is 27.5 Å². The van der Waals surface area contributed by atoms with Crippen LogP contribution in [-0.4, -0.2) is 54.5 Å². The molecule has 0 fully saturated rings. The molecule has 0 amide bonds. The van der Waals surface area contributed by atoms with Crippen molar-refractivity contribution in [3.05, 3.63) is 17.7 Å². The number of nitrogens with two attached hydrogens (primary N) is 1. The third-order valence-electron chi connectivity index (χ3n) is 2.61. The standard InChI is InChI=1S/C10H13N5O2.CH4O3S.H2O/c1-15-4-9(17)5-2-6(13-14-10(11)12)8(16)3-7(5)15;1-5(2,3)4;/h2-3,9,16-17H,4H2,1H3,(H3,11,12);1H3,(H,2,3,4);1H2. The minimum atomic E-state index is -3.67. The number of aliphatic hydroxyl groups excluding tert-OH is 1. The Kier molecular flexibility index (Phi) is 7.05. The van der Waals surface area contributed by atoms with E-state index in [0.717, 1.165) is 5.69 Å². The van der Waals surface area contributed by atoms with Crippen LogP contribution in [0.1, 0.15) is 11.7 Å². The molecular weight excluding hydrogens is 330 g/mol. The van der Waals surface area contributed by atoms with Gasteiger partial charge in [0.1, 0.15) is 11.4 Å². The second-order valence-electron chi connectivity index (χ2n) is 4.61. The zero-order chi connectivity index (χ0) is 17.1. The Morgan fingerprint density at radius 2 is 2.00 bits per heavy atom. The molecule has 130 valence electrons. The number of phenols is 1. The van der Waals surface area contributed by atoms with Gasteiger partial charge in [0.15, 0.2) is 0 Å². The molecule has 0 aliphatic carbocycles. The van der Waals surface area contributed by atoms with E-state index in [-0.39, 0.29) is 16.9 Å². The van der Waals surface area contributed by atoms with Crippen molar-refractivity contribution in [1.82, 2.24) is 0 Å². The Hall–Kier alpha value is -2.28. The number of likely N-dealkylation sites (N-methyl/N-ethyl adjacent to an activating group) is 1. The van der Waals surface area contributed by atoms with Crippen LogP contribution < -0.4 is 10.6 Å². The molecule has 0 saturated heterocycles. The number of β-amino-alcohol motifs (C(OH)–C–C–N with tert-alkyl or cyclic N) is 1. The van der Waals surface area contributed by atoms with E-state index in [9.17, 15) is 18.6 Å². The van der Waals surface area contributed by atoms with Gasteiger partial charge in [-0.25, -0.2) is 0 Å². The molecule has 2 rings (SSSR count). The summed E-state index contributed by atoms with van der Waals surface area (Å²) in [5.41, 5.74) is 6.67. The van der Waals surface area contributed by atoms with Crippen LogP contribution in [0.4, 0.5) is 11.4 Å². The Bertz CT molecular complexity index is 697. The van der Waals surface area contributed by atoms with Crippen molar-refractivity contribution in [3.63, 3.8) is 0 Å². The highest BCUT2D eigenvalue weighted by Crippen LogP contribution is 2.41. The SMILES string of the molecule is CN1CC(O)c2cc(N=NC(=N)N)c(O)cc21.CS(=O)(=O)O.O. The van der Waals surface area contributed by atoms with Gasteiger partial charge in [0.2, 0.25) is 5.96 Å². The number of fused-ring (bicyclic) bond motifs is 1. The van der Waals surface area contributed by atoms with Crippen molar-refractivity contribution in [2.45, 2.75) is 6.10 Å². The third kappa shape index (κ3) is 6.56. The predicted octanol–water partition coefficient (Wildman–Crippen LogP) is -0.468. The van der Waals surface area contributed by atoms with Crippen LogP contribution in [0.15, 0.2) is 22.4 Å². The number of azo groups is 1. The number of anilines is 1. The van der Waals surface area contributed by atoms with Crippen molar-refractivity contribution in [3.8, 4) is 5.75 Å². The summed E-state index contributed by atoms with van der Waals surface area (Å²) in [5, 5.41) is 33.4. The fourth-order valence-corrected chi connectivity index (χ4v) is 1.82. The Balaban J connectivity index is 0.000000709. The smallest absolute Gasteiger partial charge is 0.261 e. The van der Waals surface area contributed by atoms with E-state index in [0.29, 0.717) is 18.4 Å². The van der Waals surface area contributed by atoms with Gasteiger partial charge in [-0.2, -0.15) is 8.42 Å². The summed E-state index contributed by atoms with van der Waals surface area (Å²) in [5.74, 6) is -0.503. The molecule has 0 bridgehead atoms. The molecule has 0 aromatic heterocycles. The number of nitrogens with one attached hydrogen (secondary N) is 1. The van der Waals surface area contributed by atoms with Crippen LogP contribution in [0.3, 0.4) is 0 Å². The number of aromatic hydroxyl groups is 1. The van der Waals surface area contributed by atoms with Gasteiger partial charge in [0, 0.05) is 30.9 Å². The maximum absolute atomic E-state index is 9.78. The lowest BCUT2D eigenvalue weighted by Crippen LogP contribution is -2.14. The first-order chi connectivity index (χ1) is 9.99. The first-order valence-electron chi connectivity index (χ1n) is 5.93. The highest BCUT2D eigenvalue weighted by molar-refractivity contribution is 7.85. The summed E-state index contributed by atoms with van der Waals surface area (Å²) in [7, 11) is -1.84. The van der Waals surface area contributed by atoms with Crippen molar-refractivity contribution in [2.24, 2.45) is 16.0 Å². The molecule has 23 heavy (non-hydrogen) atoms. The summed E-state index contributed by atoms with van der Waals surface area (Å²) in [4.78, 5) is 1.84. The molecule has 0 saturated carbocycles. The van der Waals surface area contributed by atoms with Crippen molar-refractivity contribution in [1.29, 1.82) is 5.41 Å². The zero-order valence-electron chi connectivity index (χ0n) is 12.4. The minimum Gasteiger partial charge on any atom is -0.506 e. The average molecular weight is 349 g/mol. The van der Waals surface area contributed by atoms with Crippen LogP contribution >= 0.6 is 0 Å². The molecule has 11 nitrogen and oxygen atoms in total. The molecule has 12 heteroatoms. The van der Waals surface area contributed by atoms with Gasteiger partial charge in [-0.1, -0.05) is 0 Å². The Morgan fingerprint density at radius 1 is 1.48 bits per heavy atom. The van der Waals surface area contributed by atoms with Gasteiger partial charge in [-0.15, -0.1) is 10.2 Å². The fraction of sp³-hybridized carbons (Fsp3) is 0.364. The third-order valence-corrected chi connectivity index (χ3v) is 2.61. The van der Waals surface area contributed by atoms with Gasteiger partial charge in [-0.3, -0.25) is 9.96 Å². The number of rotatable bonds is 1. The van der Waals surface area contributed by atoms with Crippen LogP contribution in [0.2, 0.25) is 0 Å². The fourth-order valence-electron chi connectivity index (χ4n) is 1.82. The van der Waals surface area contributed by atoms with E-state index in [1.165, 1.54) is 6.07 Å². The van der Waals surface area contributed by atoms with Crippen LogP contribution in [-0.2, 0) is 10.1 Å². The Morgan fingerprint density at radius 3 is 2.48 bits per heavy atom. The Labute approximate surface area is 132 Å². The van der Waals surface area contributed by atoms with Crippen molar-refractivity contribution in [2.75, 3.05) is 24.7 Å². The van der Waals surface area contributed by atoms with Crippen molar-refractivity contribution < 1.29 is 28.7 Å². The molecular formula is C11H19N5O6S. The molecule has 0 radical (unpaired) electrons. The molecule has 1 aliphatic rings. The van der Waals surface area contributed by atoms with E-state index in [1.807, 2.05) is 11.9 Å². The first-order valence-corrected chi connectivity index (χ1v) is 7.78. The van der Waals surface area contributed by atoms with E-state index in [2.05, 4.69) is 10.2 Å². The van der Waals surface area contributed by atoms with E-state index in [1.54, 1.807) is 6.07 Å². The zero-order valence-corrected chi connectivity index (χ0v) is 13.2. The number of aliphatic hydroxyl groups is 1. The van der Waals surface area contributed by atoms with Gasteiger partial charge >= 0.3 is 0 Å². The lowest BCUT2D eigenvalue weighted by atomic mass is 10.1. The molecule has 1 heterocycles. The number of phenolic OH excluding ortho intramolecular Hbond substituents is 1. The van der Waals surface area contributed by atoms with Gasteiger partial charge in [-0.05, 0) is 6.07 Å². The minimum absolute atomic E-state index is 0. The highest BCUT2D eigenvalue weighted by Gasteiger charge is 2.26. The first kappa shape index (κ1) is 20.7. The molecule has 1 aromatic rings. The number of guanidine groups is 1. The summed E-state index contributed by atoms with van der Waals surface area (Å²) < 4.78 is 25.9. The van der Waals surface area contributed by atoms with Gasteiger partial charge < -0.3 is 26.3 Å². The molecule has 1 unspecified atom stereocenters. The topological polar surface area (TPSA) is 204 Å². The normalized spacial score (nSPS) is 16.3. The maximum atomic E-state index is 9.78. The summed E-state index contributed by atoms with van der Waals surface area (Å²) >= 11 is 0. The van der Waals surface area contributed by atoms with Gasteiger partial charge in [0.25, 0.3) is 10.1 Å². The number of hydrogen-bond donors (Lipinski definition) is 5. The second kappa shape index (κ2) is 7.82. The molecule has 1 aliphatic heterocycles. The largest absolute Gasteiger partial charge is 0.506 e. The number of benzene rings is 1. The average Bonchev–Trinajstić information content (AvgIpc) is 2.59. The summed E-state index contributed by atoms with van der Waals surface area (Å²) in [6, 6.07) is 3.06. The number of nitrogens with zero attached hydrogens (tertiary/aromatic N) is 3. The summed E-state index contributed by atoms with van der Waals surface area (Å²) in [6.45, 7) is 0.474. The highest BCUT2D eigenvalue weighted by atomic mass is 32.2. The van der Waals surface area contributed by atoms with E-state index in [4.69, 9.17) is 15.7 Å². The van der Waals surface area contributed by atoms with Crippen LogP contribution in [0, 0.1) is 5.41 Å². The molecule has 0 spiro atoms.